The first-order valence-electron chi connectivity index (χ1n) is 11.4. The van der Waals surface area contributed by atoms with E-state index in [4.69, 9.17) is 0 Å². The van der Waals surface area contributed by atoms with Gasteiger partial charge in [-0.1, -0.05) is 77.9 Å². The van der Waals surface area contributed by atoms with Crippen LogP contribution in [-0.4, -0.2) is 34.5 Å². The molecule has 3 atom stereocenters. The Balaban J connectivity index is 1.55. The number of amides is 1. The van der Waals surface area contributed by atoms with Gasteiger partial charge in [0.25, 0.3) is 5.91 Å². The SMILES string of the molecule is Cc1cc(C)cc(C(=O)N2CC[C@@H](NCc3ccccc3)C[C@@H]2[C@H](O)c2ccccc2)c1. The summed E-state index contributed by atoms with van der Waals surface area (Å²) in [5.74, 6) is -0.00158. The maximum absolute atomic E-state index is 13.5. The smallest absolute Gasteiger partial charge is 0.254 e. The monoisotopic (exact) mass is 428 g/mol. The van der Waals surface area contributed by atoms with Gasteiger partial charge in [-0.3, -0.25) is 4.79 Å². The fraction of sp³-hybridized carbons (Fsp3) is 0.321. The molecule has 0 radical (unpaired) electrons. The lowest BCUT2D eigenvalue weighted by molar-refractivity contribution is 0.0144. The van der Waals surface area contributed by atoms with Crippen LogP contribution in [-0.2, 0) is 6.54 Å². The number of aliphatic hydroxyl groups is 1. The van der Waals surface area contributed by atoms with E-state index in [0.717, 1.165) is 29.7 Å². The van der Waals surface area contributed by atoms with Gasteiger partial charge in [0.05, 0.1) is 12.1 Å². The van der Waals surface area contributed by atoms with Crippen molar-refractivity contribution in [3.63, 3.8) is 0 Å². The second-order valence-corrected chi connectivity index (χ2v) is 8.89. The van der Waals surface area contributed by atoms with Crippen LogP contribution in [0.1, 0.15) is 51.6 Å². The molecule has 1 fully saturated rings. The van der Waals surface area contributed by atoms with Gasteiger partial charge in [0.2, 0.25) is 0 Å². The summed E-state index contributed by atoms with van der Waals surface area (Å²) in [6.45, 7) is 5.43. The van der Waals surface area contributed by atoms with Crippen LogP contribution in [0, 0.1) is 13.8 Å². The van der Waals surface area contributed by atoms with E-state index in [1.165, 1.54) is 5.56 Å². The molecule has 2 N–H and O–H groups in total. The molecular weight excluding hydrogens is 396 g/mol. The molecule has 0 spiro atoms. The average molecular weight is 429 g/mol. The number of aryl methyl sites for hydroxylation is 2. The number of likely N-dealkylation sites (tertiary alicyclic amines) is 1. The highest BCUT2D eigenvalue weighted by Gasteiger charge is 2.37. The van der Waals surface area contributed by atoms with Gasteiger partial charge in [-0.2, -0.15) is 0 Å². The molecule has 3 aromatic carbocycles. The van der Waals surface area contributed by atoms with Crippen molar-refractivity contribution in [2.45, 2.75) is 51.4 Å². The third-order valence-electron chi connectivity index (χ3n) is 6.32. The summed E-state index contributed by atoms with van der Waals surface area (Å²) in [6.07, 6.45) is 0.841. The zero-order valence-electron chi connectivity index (χ0n) is 18.9. The summed E-state index contributed by atoms with van der Waals surface area (Å²) in [7, 11) is 0. The maximum atomic E-state index is 13.5. The van der Waals surface area contributed by atoms with Gasteiger partial charge in [0, 0.05) is 24.7 Å². The van der Waals surface area contributed by atoms with Crippen LogP contribution in [0.2, 0.25) is 0 Å². The van der Waals surface area contributed by atoms with E-state index in [-0.39, 0.29) is 18.0 Å². The first kappa shape index (κ1) is 22.3. The van der Waals surface area contributed by atoms with Crippen LogP contribution in [0.25, 0.3) is 0 Å². The van der Waals surface area contributed by atoms with E-state index < -0.39 is 6.10 Å². The third kappa shape index (κ3) is 5.26. The Kier molecular flexibility index (Phi) is 7.03. The normalized spacial score (nSPS) is 19.5. The fourth-order valence-corrected chi connectivity index (χ4v) is 4.73. The number of carbonyl (C=O) groups excluding carboxylic acids is 1. The Morgan fingerprint density at radius 1 is 1.00 bits per heavy atom. The number of piperidine rings is 1. The quantitative estimate of drug-likeness (QED) is 0.593. The fourth-order valence-electron chi connectivity index (χ4n) is 4.73. The number of nitrogens with one attached hydrogen (secondary N) is 1. The third-order valence-corrected chi connectivity index (χ3v) is 6.32. The summed E-state index contributed by atoms with van der Waals surface area (Å²) in [5.41, 5.74) is 4.94. The zero-order chi connectivity index (χ0) is 22.5. The maximum Gasteiger partial charge on any atom is 0.254 e. The van der Waals surface area contributed by atoms with E-state index in [1.54, 1.807) is 0 Å². The molecule has 4 rings (SSSR count). The Labute approximate surface area is 190 Å². The van der Waals surface area contributed by atoms with E-state index in [2.05, 4.69) is 23.5 Å². The van der Waals surface area contributed by atoms with Crippen LogP contribution in [0.4, 0.5) is 0 Å². The number of nitrogens with zero attached hydrogens (tertiary/aromatic N) is 1. The number of hydrogen-bond acceptors (Lipinski definition) is 3. The molecule has 0 aliphatic carbocycles. The molecular formula is C28H32N2O2. The molecule has 166 valence electrons. The molecule has 1 saturated heterocycles. The van der Waals surface area contributed by atoms with Crippen molar-refractivity contribution in [1.29, 1.82) is 0 Å². The second-order valence-electron chi connectivity index (χ2n) is 8.89. The Morgan fingerprint density at radius 2 is 1.62 bits per heavy atom. The molecule has 1 heterocycles. The van der Waals surface area contributed by atoms with E-state index in [9.17, 15) is 9.90 Å². The molecule has 0 saturated carbocycles. The first-order valence-corrected chi connectivity index (χ1v) is 11.4. The lowest BCUT2D eigenvalue weighted by atomic mass is 9.89. The van der Waals surface area contributed by atoms with Crippen LogP contribution in [0.15, 0.2) is 78.9 Å². The van der Waals surface area contributed by atoms with Crippen molar-refractivity contribution < 1.29 is 9.90 Å². The lowest BCUT2D eigenvalue weighted by Gasteiger charge is -2.42. The number of aliphatic hydroxyl groups excluding tert-OH is 1. The molecule has 3 aromatic rings. The highest BCUT2D eigenvalue weighted by Crippen LogP contribution is 2.30. The minimum atomic E-state index is -0.729. The molecule has 0 unspecified atom stereocenters. The summed E-state index contributed by atoms with van der Waals surface area (Å²) in [4.78, 5) is 15.4. The van der Waals surface area contributed by atoms with Crippen molar-refractivity contribution in [2.24, 2.45) is 0 Å². The van der Waals surface area contributed by atoms with Gasteiger partial charge < -0.3 is 15.3 Å². The van der Waals surface area contributed by atoms with Gasteiger partial charge in [0.1, 0.15) is 0 Å². The molecule has 4 heteroatoms. The highest BCUT2D eigenvalue weighted by molar-refractivity contribution is 5.95. The minimum absolute atomic E-state index is 0.00158. The van der Waals surface area contributed by atoms with E-state index >= 15 is 0 Å². The van der Waals surface area contributed by atoms with Crippen molar-refractivity contribution in [3.05, 3.63) is 107 Å². The molecule has 1 amide bonds. The van der Waals surface area contributed by atoms with E-state index in [0.29, 0.717) is 18.5 Å². The van der Waals surface area contributed by atoms with Crippen LogP contribution < -0.4 is 5.32 Å². The first-order chi connectivity index (χ1) is 15.5. The Morgan fingerprint density at radius 3 is 2.28 bits per heavy atom. The topological polar surface area (TPSA) is 52.6 Å². The molecule has 0 bridgehead atoms. The van der Waals surface area contributed by atoms with Gasteiger partial charge in [-0.05, 0) is 49.9 Å². The predicted molar refractivity (Wildman–Crippen MR) is 128 cm³/mol. The van der Waals surface area contributed by atoms with Crippen molar-refractivity contribution in [2.75, 3.05) is 6.54 Å². The predicted octanol–water partition coefficient (Wildman–Crippen LogP) is 4.80. The molecule has 1 aliphatic heterocycles. The second kappa shape index (κ2) is 10.1. The standard InChI is InChI=1S/C28H32N2O2/c1-20-15-21(2)17-24(16-20)28(32)30-14-13-25(29-19-22-9-5-3-6-10-22)18-26(30)27(31)23-11-7-4-8-12-23/h3-12,15-17,25-27,29,31H,13-14,18-19H2,1-2H3/t25-,26-,27-/m1/s1. The number of hydrogen-bond donors (Lipinski definition) is 2. The van der Waals surface area contributed by atoms with Crippen LogP contribution >= 0.6 is 0 Å². The summed E-state index contributed by atoms with van der Waals surface area (Å²) in [6, 6.07) is 25.9. The number of carbonyl (C=O) groups is 1. The van der Waals surface area contributed by atoms with Gasteiger partial charge in [0.15, 0.2) is 0 Å². The number of rotatable bonds is 6. The van der Waals surface area contributed by atoms with Crippen LogP contribution in [0.3, 0.4) is 0 Å². The van der Waals surface area contributed by atoms with Crippen molar-refractivity contribution in [1.82, 2.24) is 10.2 Å². The van der Waals surface area contributed by atoms with Gasteiger partial charge in [-0.15, -0.1) is 0 Å². The number of benzene rings is 3. The van der Waals surface area contributed by atoms with Gasteiger partial charge >= 0.3 is 0 Å². The van der Waals surface area contributed by atoms with Crippen molar-refractivity contribution >= 4 is 5.91 Å². The zero-order valence-corrected chi connectivity index (χ0v) is 18.9. The van der Waals surface area contributed by atoms with Crippen LogP contribution in [0.5, 0.6) is 0 Å². The average Bonchev–Trinajstić information content (AvgIpc) is 2.82. The minimum Gasteiger partial charge on any atom is -0.386 e. The summed E-state index contributed by atoms with van der Waals surface area (Å²) in [5, 5.41) is 14.9. The summed E-state index contributed by atoms with van der Waals surface area (Å²) >= 11 is 0. The molecule has 32 heavy (non-hydrogen) atoms. The Bertz CT molecular complexity index is 1020. The van der Waals surface area contributed by atoms with Gasteiger partial charge in [-0.25, -0.2) is 0 Å². The lowest BCUT2D eigenvalue weighted by Crippen LogP contribution is -2.53. The highest BCUT2D eigenvalue weighted by atomic mass is 16.3. The van der Waals surface area contributed by atoms with Crippen molar-refractivity contribution in [3.8, 4) is 0 Å². The molecule has 1 aliphatic rings. The van der Waals surface area contributed by atoms with E-state index in [1.807, 2.05) is 79.4 Å². The molecule has 4 nitrogen and oxygen atoms in total. The largest absolute Gasteiger partial charge is 0.386 e. The summed E-state index contributed by atoms with van der Waals surface area (Å²) < 4.78 is 0. The molecule has 0 aromatic heterocycles. The Hall–Kier alpha value is -2.95.